The molecule has 0 aliphatic heterocycles. The van der Waals surface area contributed by atoms with Gasteiger partial charge in [0.15, 0.2) is 15.6 Å². The Morgan fingerprint density at radius 1 is 1.18 bits per heavy atom. The standard InChI is InChI=1S/C13H18O3S/c1-9-6-7-10(2)11(8-9)12(14)13(3,4)17(5,15)16/h6-8H,1-5H3. The Bertz CT molecular complexity index is 554. The minimum atomic E-state index is -3.43. The normalized spacial score (nSPS) is 12.5. The van der Waals surface area contributed by atoms with Crippen LogP contribution in [0.4, 0.5) is 0 Å². The zero-order valence-corrected chi connectivity index (χ0v) is 11.7. The predicted molar refractivity (Wildman–Crippen MR) is 69.2 cm³/mol. The first-order valence-electron chi connectivity index (χ1n) is 5.39. The van der Waals surface area contributed by atoms with Gasteiger partial charge in [0.2, 0.25) is 0 Å². The second-order valence-corrected chi connectivity index (χ2v) is 7.49. The van der Waals surface area contributed by atoms with Gasteiger partial charge in [-0.2, -0.15) is 0 Å². The van der Waals surface area contributed by atoms with Crippen LogP contribution in [0.25, 0.3) is 0 Å². The fourth-order valence-corrected chi connectivity index (χ4v) is 1.92. The maximum atomic E-state index is 12.3. The Hall–Kier alpha value is -1.16. The molecule has 0 aromatic heterocycles. The predicted octanol–water partition coefficient (Wildman–Crippen LogP) is 2.31. The largest absolute Gasteiger partial charge is 0.292 e. The van der Waals surface area contributed by atoms with Crippen molar-refractivity contribution in [1.82, 2.24) is 0 Å². The number of hydrogen-bond acceptors (Lipinski definition) is 3. The van der Waals surface area contributed by atoms with Gasteiger partial charge in [-0.1, -0.05) is 17.7 Å². The highest BCUT2D eigenvalue weighted by Gasteiger charge is 2.39. The zero-order valence-electron chi connectivity index (χ0n) is 10.9. The Kier molecular flexibility index (Phi) is 3.48. The lowest BCUT2D eigenvalue weighted by Crippen LogP contribution is -2.40. The summed E-state index contributed by atoms with van der Waals surface area (Å²) in [6.45, 7) is 6.59. The number of ketones is 1. The second kappa shape index (κ2) is 4.26. The lowest BCUT2D eigenvalue weighted by molar-refractivity contribution is 0.0953. The van der Waals surface area contributed by atoms with Gasteiger partial charge in [0.1, 0.15) is 4.75 Å². The van der Waals surface area contributed by atoms with Crippen LogP contribution in [0, 0.1) is 13.8 Å². The van der Waals surface area contributed by atoms with E-state index in [1.54, 1.807) is 6.07 Å². The number of rotatable bonds is 3. The number of Topliss-reactive ketones (excluding diaryl/α,β-unsaturated/α-hetero) is 1. The van der Waals surface area contributed by atoms with Crippen LogP contribution in [0.2, 0.25) is 0 Å². The first-order valence-corrected chi connectivity index (χ1v) is 7.28. The molecule has 0 radical (unpaired) electrons. The van der Waals surface area contributed by atoms with E-state index in [4.69, 9.17) is 0 Å². The van der Waals surface area contributed by atoms with Crippen LogP contribution in [0.15, 0.2) is 18.2 Å². The second-order valence-electron chi connectivity index (χ2n) is 4.93. The average molecular weight is 254 g/mol. The van der Waals surface area contributed by atoms with Gasteiger partial charge in [-0.25, -0.2) is 8.42 Å². The summed E-state index contributed by atoms with van der Waals surface area (Å²) >= 11 is 0. The van der Waals surface area contributed by atoms with E-state index in [1.807, 2.05) is 26.0 Å². The molecule has 1 rings (SSSR count). The molecular weight excluding hydrogens is 236 g/mol. The number of hydrogen-bond donors (Lipinski definition) is 0. The van der Waals surface area contributed by atoms with Gasteiger partial charge in [0, 0.05) is 11.8 Å². The third-order valence-electron chi connectivity index (χ3n) is 3.11. The summed E-state index contributed by atoms with van der Waals surface area (Å²) in [6.07, 6.45) is 1.09. The molecule has 4 heteroatoms. The number of carbonyl (C=O) groups excluding carboxylic acids is 1. The van der Waals surface area contributed by atoms with Crippen molar-refractivity contribution < 1.29 is 13.2 Å². The van der Waals surface area contributed by atoms with Gasteiger partial charge in [-0.05, 0) is 39.3 Å². The van der Waals surface area contributed by atoms with Crippen LogP contribution in [0.5, 0.6) is 0 Å². The quantitative estimate of drug-likeness (QED) is 0.778. The first kappa shape index (κ1) is 13.9. The highest BCUT2D eigenvalue weighted by atomic mass is 32.2. The molecular formula is C13H18O3S. The maximum Gasteiger partial charge on any atom is 0.183 e. The molecule has 0 N–H and O–H groups in total. The number of benzene rings is 1. The smallest absolute Gasteiger partial charge is 0.183 e. The molecule has 0 spiro atoms. The third-order valence-corrected chi connectivity index (χ3v) is 5.15. The van der Waals surface area contributed by atoms with Gasteiger partial charge in [-0.15, -0.1) is 0 Å². The van der Waals surface area contributed by atoms with Crippen molar-refractivity contribution in [2.45, 2.75) is 32.4 Å². The number of sulfone groups is 1. The fourth-order valence-electron chi connectivity index (χ4n) is 1.47. The molecule has 17 heavy (non-hydrogen) atoms. The van der Waals surface area contributed by atoms with Crippen molar-refractivity contribution in [3.8, 4) is 0 Å². The summed E-state index contributed by atoms with van der Waals surface area (Å²) in [7, 11) is -3.43. The van der Waals surface area contributed by atoms with E-state index in [0.717, 1.165) is 17.4 Å². The van der Waals surface area contributed by atoms with Gasteiger partial charge >= 0.3 is 0 Å². The summed E-state index contributed by atoms with van der Waals surface area (Å²) in [5.41, 5.74) is 2.24. The maximum absolute atomic E-state index is 12.3. The van der Waals surface area contributed by atoms with Crippen molar-refractivity contribution in [2.24, 2.45) is 0 Å². The molecule has 0 aliphatic carbocycles. The van der Waals surface area contributed by atoms with E-state index >= 15 is 0 Å². The van der Waals surface area contributed by atoms with E-state index < -0.39 is 14.6 Å². The molecule has 94 valence electrons. The molecule has 0 saturated heterocycles. The first-order chi connectivity index (χ1) is 7.57. The zero-order chi connectivity index (χ0) is 13.4. The van der Waals surface area contributed by atoms with Crippen molar-refractivity contribution in [3.05, 3.63) is 34.9 Å². The van der Waals surface area contributed by atoms with Gasteiger partial charge < -0.3 is 0 Å². The van der Waals surface area contributed by atoms with Crippen molar-refractivity contribution in [3.63, 3.8) is 0 Å². The molecule has 0 amide bonds. The molecule has 0 fully saturated rings. The Labute approximate surface area is 103 Å². The van der Waals surface area contributed by atoms with Crippen molar-refractivity contribution in [2.75, 3.05) is 6.26 Å². The van der Waals surface area contributed by atoms with Crippen LogP contribution in [-0.4, -0.2) is 25.2 Å². The van der Waals surface area contributed by atoms with Crippen LogP contribution < -0.4 is 0 Å². The number of aryl methyl sites for hydroxylation is 2. The van der Waals surface area contributed by atoms with E-state index in [2.05, 4.69) is 0 Å². The summed E-state index contributed by atoms with van der Waals surface area (Å²) in [4.78, 5) is 12.3. The summed E-state index contributed by atoms with van der Waals surface area (Å²) < 4.78 is 21.9. The molecule has 0 aliphatic rings. The van der Waals surface area contributed by atoms with Gasteiger partial charge in [-0.3, -0.25) is 4.79 Å². The van der Waals surface area contributed by atoms with Crippen LogP contribution in [0.3, 0.4) is 0 Å². The molecule has 3 nitrogen and oxygen atoms in total. The van der Waals surface area contributed by atoms with Gasteiger partial charge in [0.25, 0.3) is 0 Å². The average Bonchev–Trinajstić information content (AvgIpc) is 2.19. The van der Waals surface area contributed by atoms with Crippen LogP contribution in [-0.2, 0) is 9.84 Å². The summed E-state index contributed by atoms with van der Waals surface area (Å²) in [5.74, 6) is -0.346. The molecule has 0 heterocycles. The van der Waals surface area contributed by atoms with Crippen molar-refractivity contribution >= 4 is 15.6 Å². The van der Waals surface area contributed by atoms with E-state index in [-0.39, 0.29) is 5.78 Å². The van der Waals surface area contributed by atoms with Gasteiger partial charge in [0.05, 0.1) is 0 Å². The Balaban J connectivity index is 3.36. The lowest BCUT2D eigenvalue weighted by atomic mass is 9.95. The molecule has 1 aromatic rings. The minimum Gasteiger partial charge on any atom is -0.292 e. The molecule has 0 saturated carbocycles. The molecule has 0 bridgehead atoms. The van der Waals surface area contributed by atoms with Crippen LogP contribution >= 0.6 is 0 Å². The molecule has 0 unspecified atom stereocenters. The molecule has 0 atom stereocenters. The Morgan fingerprint density at radius 2 is 1.71 bits per heavy atom. The molecule has 1 aromatic carbocycles. The lowest BCUT2D eigenvalue weighted by Gasteiger charge is -2.22. The highest BCUT2D eigenvalue weighted by molar-refractivity contribution is 7.92. The minimum absolute atomic E-state index is 0.346. The Morgan fingerprint density at radius 3 is 2.18 bits per heavy atom. The summed E-state index contributed by atoms with van der Waals surface area (Å²) in [5, 5.41) is 0. The topological polar surface area (TPSA) is 51.2 Å². The van der Waals surface area contributed by atoms with E-state index in [1.165, 1.54) is 13.8 Å². The SMILES string of the molecule is Cc1ccc(C)c(C(=O)C(C)(C)S(C)(=O)=O)c1. The summed E-state index contributed by atoms with van der Waals surface area (Å²) in [6, 6.07) is 5.48. The number of carbonyl (C=O) groups is 1. The van der Waals surface area contributed by atoms with E-state index in [0.29, 0.717) is 5.56 Å². The fraction of sp³-hybridized carbons (Fsp3) is 0.462. The van der Waals surface area contributed by atoms with Crippen LogP contribution in [0.1, 0.15) is 35.3 Å². The monoisotopic (exact) mass is 254 g/mol. The third kappa shape index (κ3) is 2.57. The highest BCUT2D eigenvalue weighted by Crippen LogP contribution is 2.24. The van der Waals surface area contributed by atoms with Crippen molar-refractivity contribution in [1.29, 1.82) is 0 Å². The van der Waals surface area contributed by atoms with E-state index in [9.17, 15) is 13.2 Å².